The Morgan fingerprint density at radius 2 is 2.11 bits per heavy atom. The van der Waals surface area contributed by atoms with Gasteiger partial charge in [-0.3, -0.25) is 14.6 Å². The van der Waals surface area contributed by atoms with Gasteiger partial charge in [0.15, 0.2) is 0 Å². The van der Waals surface area contributed by atoms with Crippen LogP contribution in [0, 0.1) is 6.92 Å². The molecule has 1 rings (SSSR count). The van der Waals surface area contributed by atoms with Crippen LogP contribution in [0.25, 0.3) is 0 Å². The number of carbonyl (C=O) groups is 2. The van der Waals surface area contributed by atoms with Crippen molar-refractivity contribution < 1.29 is 9.59 Å². The molecule has 0 aliphatic carbocycles. The van der Waals surface area contributed by atoms with Crippen LogP contribution in [-0.4, -0.2) is 36.9 Å². The smallest absolute Gasteiger partial charge is 0.255 e. The Bertz CT molecular complexity index is 446. The molecule has 3 N–H and O–H groups in total. The Kier molecular flexibility index (Phi) is 5.10. The van der Waals surface area contributed by atoms with E-state index in [9.17, 15) is 9.59 Å². The number of anilines is 1. The molecule has 0 spiro atoms. The van der Waals surface area contributed by atoms with Crippen LogP contribution >= 0.6 is 0 Å². The van der Waals surface area contributed by atoms with Gasteiger partial charge in [-0.2, -0.15) is 0 Å². The summed E-state index contributed by atoms with van der Waals surface area (Å²) in [6.07, 6.45) is 1.51. The summed E-state index contributed by atoms with van der Waals surface area (Å²) < 4.78 is 0. The number of nitrogens with zero attached hydrogens (tertiary/aromatic N) is 1. The van der Waals surface area contributed by atoms with E-state index in [1.165, 1.54) is 13.2 Å². The molecule has 6 heteroatoms. The second-order valence-electron chi connectivity index (χ2n) is 3.76. The summed E-state index contributed by atoms with van der Waals surface area (Å²) in [4.78, 5) is 27.0. The third kappa shape index (κ3) is 3.73. The second-order valence-corrected chi connectivity index (χ2v) is 3.76. The van der Waals surface area contributed by atoms with Crippen LogP contribution in [0.1, 0.15) is 23.0 Å². The molecule has 1 aromatic rings. The molecule has 1 heterocycles. The van der Waals surface area contributed by atoms with E-state index in [2.05, 4.69) is 20.9 Å². The standard InChI is InChI=1S/C12H18N4O2/c1-4-14-10-5-8(2)15-6-9(10)12(18)16-7-11(17)13-3/h5-6H,4,7H2,1-3H3,(H,13,17)(H,14,15)(H,16,18). The Morgan fingerprint density at radius 1 is 1.39 bits per heavy atom. The van der Waals surface area contributed by atoms with Crippen LogP contribution in [-0.2, 0) is 4.79 Å². The Morgan fingerprint density at radius 3 is 2.72 bits per heavy atom. The van der Waals surface area contributed by atoms with Gasteiger partial charge in [0, 0.05) is 25.5 Å². The highest BCUT2D eigenvalue weighted by atomic mass is 16.2. The summed E-state index contributed by atoms with van der Waals surface area (Å²) in [5.74, 6) is -0.560. The third-order valence-electron chi connectivity index (χ3n) is 2.34. The number of nitrogens with one attached hydrogen (secondary N) is 3. The van der Waals surface area contributed by atoms with E-state index in [-0.39, 0.29) is 18.4 Å². The number of hydrogen-bond acceptors (Lipinski definition) is 4. The van der Waals surface area contributed by atoms with Crippen LogP contribution in [0.15, 0.2) is 12.3 Å². The maximum atomic E-state index is 11.9. The van der Waals surface area contributed by atoms with Crippen molar-refractivity contribution in [3.8, 4) is 0 Å². The highest BCUT2D eigenvalue weighted by Crippen LogP contribution is 2.15. The molecule has 2 amide bonds. The van der Waals surface area contributed by atoms with Crippen LogP contribution in [0.5, 0.6) is 0 Å². The Labute approximate surface area is 106 Å². The molecule has 0 radical (unpaired) electrons. The molecule has 0 saturated heterocycles. The van der Waals surface area contributed by atoms with E-state index < -0.39 is 0 Å². The lowest BCUT2D eigenvalue weighted by Gasteiger charge is -2.11. The monoisotopic (exact) mass is 250 g/mol. The van der Waals surface area contributed by atoms with Crippen LogP contribution in [0.4, 0.5) is 5.69 Å². The van der Waals surface area contributed by atoms with E-state index in [4.69, 9.17) is 0 Å². The quantitative estimate of drug-likeness (QED) is 0.701. The number of likely N-dealkylation sites (N-methyl/N-ethyl adjacent to an activating group) is 1. The molecule has 6 nitrogen and oxygen atoms in total. The third-order valence-corrected chi connectivity index (χ3v) is 2.34. The van der Waals surface area contributed by atoms with Crippen molar-refractivity contribution in [2.45, 2.75) is 13.8 Å². The maximum Gasteiger partial charge on any atom is 0.255 e. The van der Waals surface area contributed by atoms with Crippen molar-refractivity contribution in [2.75, 3.05) is 25.5 Å². The normalized spacial score (nSPS) is 9.72. The fourth-order valence-electron chi connectivity index (χ4n) is 1.42. The SMILES string of the molecule is CCNc1cc(C)ncc1C(=O)NCC(=O)NC. The van der Waals surface area contributed by atoms with Gasteiger partial charge in [-0.1, -0.05) is 0 Å². The molecule has 0 bridgehead atoms. The molecule has 0 fully saturated rings. The molecule has 98 valence electrons. The minimum atomic E-state index is -0.318. The van der Waals surface area contributed by atoms with E-state index >= 15 is 0 Å². The largest absolute Gasteiger partial charge is 0.385 e. The van der Waals surface area contributed by atoms with Gasteiger partial charge in [-0.05, 0) is 19.9 Å². The fourth-order valence-corrected chi connectivity index (χ4v) is 1.42. The number of hydrogen-bond donors (Lipinski definition) is 3. The minimum absolute atomic E-state index is 0.0469. The van der Waals surface area contributed by atoms with Crippen molar-refractivity contribution in [1.29, 1.82) is 0 Å². The summed E-state index contributed by atoms with van der Waals surface area (Å²) in [7, 11) is 1.52. The van der Waals surface area contributed by atoms with Gasteiger partial charge < -0.3 is 16.0 Å². The molecule has 0 aliphatic heterocycles. The zero-order chi connectivity index (χ0) is 13.5. The lowest BCUT2D eigenvalue weighted by atomic mass is 10.2. The van der Waals surface area contributed by atoms with Crippen LogP contribution in [0.2, 0.25) is 0 Å². The zero-order valence-corrected chi connectivity index (χ0v) is 10.8. The predicted octanol–water partition coefficient (Wildman–Crippen LogP) is 0.298. The molecular formula is C12H18N4O2. The van der Waals surface area contributed by atoms with Crippen molar-refractivity contribution in [1.82, 2.24) is 15.6 Å². The first-order chi connectivity index (χ1) is 8.58. The van der Waals surface area contributed by atoms with Gasteiger partial charge in [0.05, 0.1) is 17.8 Å². The van der Waals surface area contributed by atoms with Crippen molar-refractivity contribution in [2.24, 2.45) is 0 Å². The van der Waals surface area contributed by atoms with Gasteiger partial charge >= 0.3 is 0 Å². The second kappa shape index (κ2) is 6.58. The average molecular weight is 250 g/mol. The number of pyridine rings is 1. The molecule has 18 heavy (non-hydrogen) atoms. The maximum absolute atomic E-state index is 11.9. The lowest BCUT2D eigenvalue weighted by Crippen LogP contribution is -2.35. The predicted molar refractivity (Wildman–Crippen MR) is 69.5 cm³/mol. The van der Waals surface area contributed by atoms with Gasteiger partial charge in [-0.15, -0.1) is 0 Å². The summed E-state index contributed by atoms with van der Waals surface area (Å²) in [5.41, 5.74) is 1.99. The van der Waals surface area contributed by atoms with E-state index in [1.54, 1.807) is 6.07 Å². The fraction of sp³-hybridized carbons (Fsp3) is 0.417. The minimum Gasteiger partial charge on any atom is -0.385 e. The number of amides is 2. The van der Waals surface area contributed by atoms with Gasteiger partial charge in [0.2, 0.25) is 5.91 Å². The Balaban J connectivity index is 2.81. The van der Waals surface area contributed by atoms with E-state index in [1.807, 2.05) is 13.8 Å². The molecule has 1 aromatic heterocycles. The summed E-state index contributed by atoms with van der Waals surface area (Å²) in [5, 5.41) is 8.07. The number of aromatic nitrogens is 1. The van der Waals surface area contributed by atoms with E-state index in [0.29, 0.717) is 12.1 Å². The van der Waals surface area contributed by atoms with Gasteiger partial charge in [-0.25, -0.2) is 0 Å². The van der Waals surface area contributed by atoms with E-state index in [0.717, 1.165) is 11.4 Å². The molecule has 0 unspecified atom stereocenters. The zero-order valence-electron chi connectivity index (χ0n) is 10.8. The first-order valence-electron chi connectivity index (χ1n) is 5.77. The highest BCUT2D eigenvalue weighted by molar-refractivity contribution is 6.00. The summed E-state index contributed by atoms with van der Waals surface area (Å²) >= 11 is 0. The topological polar surface area (TPSA) is 83.1 Å². The number of rotatable bonds is 5. The number of aryl methyl sites for hydroxylation is 1. The van der Waals surface area contributed by atoms with Crippen LogP contribution < -0.4 is 16.0 Å². The first kappa shape index (κ1) is 14.0. The number of carbonyl (C=O) groups excluding carboxylic acids is 2. The molecule has 0 aliphatic rings. The molecule has 0 saturated carbocycles. The summed E-state index contributed by atoms with van der Waals surface area (Å²) in [6, 6.07) is 1.80. The van der Waals surface area contributed by atoms with Crippen molar-refractivity contribution in [3.63, 3.8) is 0 Å². The molecule has 0 aromatic carbocycles. The molecular weight excluding hydrogens is 232 g/mol. The summed E-state index contributed by atoms with van der Waals surface area (Å²) in [6.45, 7) is 4.46. The highest BCUT2D eigenvalue weighted by Gasteiger charge is 2.12. The first-order valence-corrected chi connectivity index (χ1v) is 5.77. The molecule has 0 atom stereocenters. The average Bonchev–Trinajstić information content (AvgIpc) is 2.36. The lowest BCUT2D eigenvalue weighted by molar-refractivity contribution is -0.119. The Hall–Kier alpha value is -2.11. The van der Waals surface area contributed by atoms with Crippen molar-refractivity contribution >= 4 is 17.5 Å². The van der Waals surface area contributed by atoms with Crippen LogP contribution in [0.3, 0.4) is 0 Å². The van der Waals surface area contributed by atoms with Gasteiger partial charge in [0.1, 0.15) is 0 Å². The van der Waals surface area contributed by atoms with Gasteiger partial charge in [0.25, 0.3) is 5.91 Å². The van der Waals surface area contributed by atoms with Crippen molar-refractivity contribution in [3.05, 3.63) is 23.5 Å².